The highest BCUT2D eigenvalue weighted by molar-refractivity contribution is 5.22. The van der Waals surface area contributed by atoms with E-state index in [-0.39, 0.29) is 12.1 Å². The van der Waals surface area contributed by atoms with E-state index in [2.05, 4.69) is 5.32 Å². The molecule has 0 saturated carbocycles. The molecule has 0 aromatic heterocycles. The van der Waals surface area contributed by atoms with Gasteiger partial charge in [-0.3, -0.25) is 0 Å². The van der Waals surface area contributed by atoms with E-state index in [4.69, 9.17) is 4.74 Å². The van der Waals surface area contributed by atoms with Gasteiger partial charge >= 0.3 is 0 Å². The summed E-state index contributed by atoms with van der Waals surface area (Å²) in [5, 5.41) is 3.04. The second-order valence-electron chi connectivity index (χ2n) is 4.13. The molecule has 0 heterocycles. The van der Waals surface area contributed by atoms with Crippen molar-refractivity contribution in [3.05, 3.63) is 35.4 Å². The number of rotatable bonds is 6. The van der Waals surface area contributed by atoms with E-state index in [0.717, 1.165) is 18.9 Å². The van der Waals surface area contributed by atoms with Gasteiger partial charge in [-0.05, 0) is 32.9 Å². The van der Waals surface area contributed by atoms with E-state index in [1.165, 1.54) is 12.1 Å². The first-order chi connectivity index (χ1) is 8.08. The molecule has 0 aliphatic heterocycles. The number of methoxy groups -OCH3 is 1. The van der Waals surface area contributed by atoms with Gasteiger partial charge in [0.1, 0.15) is 11.6 Å². The Kier molecular flexibility index (Phi) is 5.51. The number of ether oxygens (including phenoxy) is 1. The summed E-state index contributed by atoms with van der Waals surface area (Å²) in [5.41, 5.74) is 0.497. The lowest BCUT2D eigenvalue weighted by Crippen LogP contribution is -2.20. The monoisotopic (exact) mass is 243 g/mol. The molecule has 2 atom stereocenters. The average molecular weight is 243 g/mol. The van der Waals surface area contributed by atoms with E-state index in [9.17, 15) is 8.78 Å². The van der Waals surface area contributed by atoms with Gasteiger partial charge in [-0.1, -0.05) is 6.07 Å². The summed E-state index contributed by atoms with van der Waals surface area (Å²) in [6.07, 6.45) is 1.70. The van der Waals surface area contributed by atoms with Crippen molar-refractivity contribution in [2.45, 2.75) is 31.9 Å². The molecule has 0 radical (unpaired) electrons. The molecule has 1 aromatic carbocycles. The molecule has 1 rings (SSSR count). The molecule has 1 N–H and O–H groups in total. The Bertz CT molecular complexity index is 357. The van der Waals surface area contributed by atoms with Crippen LogP contribution in [0.2, 0.25) is 0 Å². The fourth-order valence-corrected chi connectivity index (χ4v) is 1.76. The Morgan fingerprint density at radius 2 is 2.00 bits per heavy atom. The Balaban J connectivity index is 2.72. The predicted molar refractivity (Wildman–Crippen MR) is 63.9 cm³/mol. The third kappa shape index (κ3) is 4.06. The normalized spacial score (nSPS) is 14.6. The first-order valence-corrected chi connectivity index (χ1v) is 5.73. The van der Waals surface area contributed by atoms with E-state index >= 15 is 0 Å². The largest absolute Gasteiger partial charge is 0.382 e. The van der Waals surface area contributed by atoms with Crippen molar-refractivity contribution >= 4 is 0 Å². The van der Waals surface area contributed by atoms with Crippen molar-refractivity contribution in [2.75, 3.05) is 14.2 Å². The SMILES string of the molecule is CNC(CCC(C)OC)c1ccc(F)cc1F. The molecule has 2 nitrogen and oxygen atoms in total. The van der Waals surface area contributed by atoms with Crippen LogP contribution in [0.1, 0.15) is 31.4 Å². The van der Waals surface area contributed by atoms with Gasteiger partial charge in [-0.25, -0.2) is 8.78 Å². The highest BCUT2D eigenvalue weighted by atomic mass is 19.1. The highest BCUT2D eigenvalue weighted by Crippen LogP contribution is 2.22. The topological polar surface area (TPSA) is 21.3 Å². The maximum Gasteiger partial charge on any atom is 0.130 e. The Labute approximate surface area is 101 Å². The number of hydrogen-bond acceptors (Lipinski definition) is 2. The number of halogens is 2. The molecule has 17 heavy (non-hydrogen) atoms. The fourth-order valence-electron chi connectivity index (χ4n) is 1.76. The van der Waals surface area contributed by atoms with Crippen molar-refractivity contribution in [1.82, 2.24) is 5.32 Å². The van der Waals surface area contributed by atoms with E-state index < -0.39 is 11.6 Å². The Hall–Kier alpha value is -1.00. The summed E-state index contributed by atoms with van der Waals surface area (Å²) in [4.78, 5) is 0. The lowest BCUT2D eigenvalue weighted by atomic mass is 10.00. The molecule has 0 bridgehead atoms. The third-order valence-corrected chi connectivity index (χ3v) is 2.95. The minimum Gasteiger partial charge on any atom is -0.382 e. The van der Waals surface area contributed by atoms with Gasteiger partial charge in [0.05, 0.1) is 6.10 Å². The second kappa shape index (κ2) is 6.67. The van der Waals surface area contributed by atoms with E-state index in [0.29, 0.717) is 5.56 Å². The molecule has 2 unspecified atom stereocenters. The molecule has 0 fully saturated rings. The summed E-state index contributed by atoms with van der Waals surface area (Å²) in [6, 6.07) is 3.57. The molecule has 0 amide bonds. The summed E-state index contributed by atoms with van der Waals surface area (Å²) in [6.45, 7) is 1.97. The lowest BCUT2D eigenvalue weighted by molar-refractivity contribution is 0.106. The van der Waals surface area contributed by atoms with Crippen LogP contribution in [0.5, 0.6) is 0 Å². The maximum atomic E-state index is 13.6. The number of hydrogen-bond donors (Lipinski definition) is 1. The predicted octanol–water partition coefficient (Wildman–Crippen LogP) is 3.04. The van der Waals surface area contributed by atoms with Gasteiger partial charge in [-0.2, -0.15) is 0 Å². The van der Waals surface area contributed by atoms with Gasteiger partial charge in [0.15, 0.2) is 0 Å². The van der Waals surface area contributed by atoms with Crippen LogP contribution in [0.3, 0.4) is 0 Å². The van der Waals surface area contributed by atoms with Crippen molar-refractivity contribution in [3.8, 4) is 0 Å². The van der Waals surface area contributed by atoms with Crippen LogP contribution < -0.4 is 5.32 Å². The molecule has 96 valence electrons. The van der Waals surface area contributed by atoms with Gasteiger partial charge in [-0.15, -0.1) is 0 Å². The number of nitrogens with one attached hydrogen (secondary N) is 1. The second-order valence-corrected chi connectivity index (χ2v) is 4.13. The highest BCUT2D eigenvalue weighted by Gasteiger charge is 2.15. The molecule has 0 aliphatic rings. The average Bonchev–Trinajstić information content (AvgIpc) is 2.31. The summed E-state index contributed by atoms with van der Waals surface area (Å²) < 4.78 is 31.5. The Morgan fingerprint density at radius 3 is 2.53 bits per heavy atom. The van der Waals surface area contributed by atoms with Crippen molar-refractivity contribution in [1.29, 1.82) is 0 Å². The van der Waals surface area contributed by atoms with Crippen LogP contribution in [-0.4, -0.2) is 20.3 Å². The molecule has 1 aromatic rings. The minimum atomic E-state index is -0.550. The Morgan fingerprint density at radius 1 is 1.29 bits per heavy atom. The first-order valence-electron chi connectivity index (χ1n) is 5.73. The molecule has 0 spiro atoms. The summed E-state index contributed by atoms with van der Waals surface area (Å²) in [5.74, 6) is -1.05. The maximum absolute atomic E-state index is 13.6. The summed E-state index contributed by atoms with van der Waals surface area (Å²) >= 11 is 0. The molecule has 4 heteroatoms. The molecule has 0 saturated heterocycles. The van der Waals surface area contributed by atoms with Crippen LogP contribution in [-0.2, 0) is 4.74 Å². The molecule has 0 aliphatic carbocycles. The van der Waals surface area contributed by atoms with Crippen molar-refractivity contribution in [2.24, 2.45) is 0 Å². The van der Waals surface area contributed by atoms with Crippen LogP contribution in [0, 0.1) is 11.6 Å². The van der Waals surface area contributed by atoms with E-state index in [1.54, 1.807) is 14.2 Å². The molecular weight excluding hydrogens is 224 g/mol. The quantitative estimate of drug-likeness (QED) is 0.829. The van der Waals surface area contributed by atoms with Crippen molar-refractivity contribution in [3.63, 3.8) is 0 Å². The smallest absolute Gasteiger partial charge is 0.130 e. The van der Waals surface area contributed by atoms with Crippen LogP contribution in [0.15, 0.2) is 18.2 Å². The third-order valence-electron chi connectivity index (χ3n) is 2.95. The van der Waals surface area contributed by atoms with Crippen LogP contribution in [0.4, 0.5) is 8.78 Å². The first kappa shape index (κ1) is 14.1. The molecular formula is C13H19F2NO. The van der Waals surface area contributed by atoms with Gasteiger partial charge in [0.25, 0.3) is 0 Å². The minimum absolute atomic E-state index is 0.117. The van der Waals surface area contributed by atoms with E-state index in [1.807, 2.05) is 6.92 Å². The zero-order chi connectivity index (χ0) is 12.8. The van der Waals surface area contributed by atoms with Gasteiger partial charge in [0, 0.05) is 24.8 Å². The lowest BCUT2D eigenvalue weighted by Gasteiger charge is -2.19. The van der Waals surface area contributed by atoms with Crippen molar-refractivity contribution < 1.29 is 13.5 Å². The summed E-state index contributed by atoms with van der Waals surface area (Å²) in [7, 11) is 3.42. The fraction of sp³-hybridized carbons (Fsp3) is 0.538. The van der Waals surface area contributed by atoms with Crippen LogP contribution in [0.25, 0.3) is 0 Å². The van der Waals surface area contributed by atoms with Gasteiger partial charge < -0.3 is 10.1 Å². The zero-order valence-electron chi connectivity index (χ0n) is 10.5. The van der Waals surface area contributed by atoms with Gasteiger partial charge in [0.2, 0.25) is 0 Å². The number of benzene rings is 1. The standard InChI is InChI=1S/C13H19F2NO/c1-9(17-3)4-7-13(16-2)11-6-5-10(14)8-12(11)15/h5-6,8-9,13,16H,4,7H2,1-3H3. The zero-order valence-corrected chi connectivity index (χ0v) is 10.5. The van der Waals surface area contributed by atoms with Crippen LogP contribution >= 0.6 is 0 Å².